The van der Waals surface area contributed by atoms with Gasteiger partial charge < -0.3 is 23.8 Å². The molecule has 0 radical (unpaired) electrons. The molecule has 1 amide bonds. The lowest BCUT2D eigenvalue weighted by molar-refractivity contribution is -0.143. The standard InChI is InChI=1S/C32H35N3O7S/c1-5-40-25-17-22(11-12-24(25)41-19-27(36)34-13-15-39-16-14-34)18-26-30(37)35-29(23-9-7-6-8-10-23)28(31(38)42-20(2)3)21(4)33-32(35)43-26/h6-12,17-18,20,29H,5,13-16,19H2,1-4H3. The zero-order valence-corrected chi connectivity index (χ0v) is 25.5. The average molecular weight is 606 g/mol. The first-order valence-electron chi connectivity index (χ1n) is 14.3. The van der Waals surface area contributed by atoms with Gasteiger partial charge in [0, 0.05) is 13.1 Å². The number of fused-ring (bicyclic) bond motifs is 1. The molecule has 11 heteroatoms. The number of carbonyl (C=O) groups is 2. The van der Waals surface area contributed by atoms with Gasteiger partial charge in [-0.15, -0.1) is 0 Å². The molecule has 2 aromatic carbocycles. The largest absolute Gasteiger partial charge is 0.490 e. The summed E-state index contributed by atoms with van der Waals surface area (Å²) in [6.45, 7) is 9.61. The van der Waals surface area contributed by atoms with Crippen LogP contribution in [0.2, 0.25) is 0 Å². The van der Waals surface area contributed by atoms with Crippen LogP contribution in [0.3, 0.4) is 0 Å². The monoisotopic (exact) mass is 605 g/mol. The van der Waals surface area contributed by atoms with E-state index in [1.54, 1.807) is 54.5 Å². The first-order chi connectivity index (χ1) is 20.8. The molecule has 3 aromatic rings. The van der Waals surface area contributed by atoms with Gasteiger partial charge in [-0.3, -0.25) is 14.2 Å². The molecule has 0 saturated carbocycles. The van der Waals surface area contributed by atoms with Crippen molar-refractivity contribution in [3.63, 3.8) is 0 Å². The summed E-state index contributed by atoms with van der Waals surface area (Å²) in [5, 5.41) is 0. The fourth-order valence-electron chi connectivity index (χ4n) is 5.01. The van der Waals surface area contributed by atoms with Gasteiger partial charge in [-0.25, -0.2) is 9.79 Å². The minimum atomic E-state index is -0.676. The fourth-order valence-corrected chi connectivity index (χ4v) is 6.05. The number of nitrogens with zero attached hydrogens (tertiary/aromatic N) is 3. The minimum Gasteiger partial charge on any atom is -0.490 e. The van der Waals surface area contributed by atoms with Crippen LogP contribution < -0.4 is 24.4 Å². The molecule has 2 aliphatic heterocycles. The molecular formula is C32H35N3O7S. The fraction of sp³-hybridized carbons (Fsp3) is 0.375. The van der Waals surface area contributed by atoms with Gasteiger partial charge in [0.25, 0.3) is 11.5 Å². The number of morpholine rings is 1. The molecule has 5 rings (SSSR count). The first-order valence-corrected chi connectivity index (χ1v) is 15.1. The van der Waals surface area contributed by atoms with E-state index in [9.17, 15) is 14.4 Å². The zero-order valence-electron chi connectivity index (χ0n) is 24.7. The van der Waals surface area contributed by atoms with Crippen molar-refractivity contribution >= 4 is 29.3 Å². The molecule has 0 N–H and O–H groups in total. The second-order valence-corrected chi connectivity index (χ2v) is 11.4. The number of rotatable bonds is 9. The van der Waals surface area contributed by atoms with Gasteiger partial charge in [0.1, 0.15) is 0 Å². The Morgan fingerprint density at radius 2 is 1.84 bits per heavy atom. The Labute approximate surface area is 253 Å². The predicted octanol–water partition coefficient (Wildman–Crippen LogP) is 2.82. The smallest absolute Gasteiger partial charge is 0.338 e. The van der Waals surface area contributed by atoms with Crippen molar-refractivity contribution < 1.29 is 28.5 Å². The molecule has 2 aliphatic rings. The third-order valence-electron chi connectivity index (χ3n) is 6.98. The molecular weight excluding hydrogens is 570 g/mol. The Kier molecular flexibility index (Phi) is 9.42. The second kappa shape index (κ2) is 13.4. The Morgan fingerprint density at radius 3 is 2.53 bits per heavy atom. The van der Waals surface area contributed by atoms with E-state index in [1.807, 2.05) is 37.3 Å². The number of amides is 1. The molecule has 0 aliphatic carbocycles. The highest BCUT2D eigenvalue weighted by Crippen LogP contribution is 2.31. The number of thiazole rings is 1. The first kappa shape index (κ1) is 30.2. The molecule has 1 fully saturated rings. The molecule has 1 atom stereocenters. The molecule has 0 bridgehead atoms. The number of allylic oxidation sites excluding steroid dienone is 1. The molecule has 226 valence electrons. The number of esters is 1. The van der Waals surface area contributed by atoms with Gasteiger partial charge in [0.15, 0.2) is 22.9 Å². The van der Waals surface area contributed by atoms with Gasteiger partial charge >= 0.3 is 5.97 Å². The van der Waals surface area contributed by atoms with Crippen LogP contribution in [-0.2, 0) is 19.1 Å². The number of carbonyl (C=O) groups excluding carboxylic acids is 2. The average Bonchev–Trinajstić information content (AvgIpc) is 3.30. The van der Waals surface area contributed by atoms with Crippen molar-refractivity contribution in [2.45, 2.75) is 39.8 Å². The summed E-state index contributed by atoms with van der Waals surface area (Å²) in [7, 11) is 0. The Hall–Kier alpha value is -4.22. The van der Waals surface area contributed by atoms with E-state index in [4.69, 9.17) is 18.9 Å². The summed E-state index contributed by atoms with van der Waals surface area (Å²) in [6.07, 6.45) is 1.44. The lowest BCUT2D eigenvalue weighted by Crippen LogP contribution is -2.43. The maximum atomic E-state index is 13.9. The van der Waals surface area contributed by atoms with Gasteiger partial charge in [-0.05, 0) is 57.0 Å². The van der Waals surface area contributed by atoms with Crippen molar-refractivity contribution in [1.29, 1.82) is 0 Å². The van der Waals surface area contributed by atoms with Crippen LogP contribution >= 0.6 is 11.3 Å². The summed E-state index contributed by atoms with van der Waals surface area (Å²) in [5.41, 5.74) is 2.08. The van der Waals surface area contributed by atoms with E-state index in [-0.39, 0.29) is 24.2 Å². The van der Waals surface area contributed by atoms with Crippen LogP contribution in [0.15, 0.2) is 69.6 Å². The van der Waals surface area contributed by atoms with Crippen molar-refractivity contribution in [1.82, 2.24) is 9.47 Å². The number of aromatic nitrogens is 1. The van der Waals surface area contributed by atoms with Gasteiger partial charge in [0.2, 0.25) is 0 Å². The molecule has 1 aromatic heterocycles. The van der Waals surface area contributed by atoms with Crippen LogP contribution in [0.5, 0.6) is 11.5 Å². The van der Waals surface area contributed by atoms with Crippen LogP contribution in [0.4, 0.5) is 0 Å². The highest BCUT2D eigenvalue weighted by Gasteiger charge is 2.33. The second-order valence-electron chi connectivity index (χ2n) is 10.4. The predicted molar refractivity (Wildman–Crippen MR) is 162 cm³/mol. The topological polar surface area (TPSA) is 109 Å². The number of hydrogen-bond acceptors (Lipinski definition) is 9. The van der Waals surface area contributed by atoms with Crippen molar-refractivity contribution in [2.75, 3.05) is 39.5 Å². The van der Waals surface area contributed by atoms with Crippen LogP contribution in [0.1, 0.15) is 44.9 Å². The Bertz CT molecular complexity index is 1700. The van der Waals surface area contributed by atoms with E-state index in [1.165, 1.54) is 11.3 Å². The minimum absolute atomic E-state index is 0.113. The van der Waals surface area contributed by atoms with E-state index in [0.29, 0.717) is 70.6 Å². The summed E-state index contributed by atoms with van der Waals surface area (Å²) in [5.74, 6) is 0.296. The molecule has 1 saturated heterocycles. The number of hydrogen-bond donors (Lipinski definition) is 0. The van der Waals surface area contributed by atoms with Gasteiger partial charge in [-0.2, -0.15) is 0 Å². The van der Waals surface area contributed by atoms with E-state index in [2.05, 4.69) is 4.99 Å². The molecule has 0 spiro atoms. The van der Waals surface area contributed by atoms with E-state index < -0.39 is 12.0 Å². The van der Waals surface area contributed by atoms with Crippen LogP contribution in [-0.4, -0.2) is 67.0 Å². The highest BCUT2D eigenvalue weighted by molar-refractivity contribution is 7.07. The summed E-state index contributed by atoms with van der Waals surface area (Å²) < 4.78 is 24.5. The maximum absolute atomic E-state index is 13.9. The Morgan fingerprint density at radius 1 is 1.09 bits per heavy atom. The van der Waals surface area contributed by atoms with E-state index in [0.717, 1.165) is 5.56 Å². The van der Waals surface area contributed by atoms with E-state index >= 15 is 0 Å². The number of benzene rings is 2. The van der Waals surface area contributed by atoms with Gasteiger partial charge in [0.05, 0.1) is 47.8 Å². The molecule has 3 heterocycles. The third-order valence-corrected chi connectivity index (χ3v) is 7.96. The van der Waals surface area contributed by atoms with Crippen LogP contribution in [0, 0.1) is 0 Å². The third kappa shape index (κ3) is 6.73. The molecule has 43 heavy (non-hydrogen) atoms. The quantitative estimate of drug-likeness (QED) is 0.345. The molecule has 10 nitrogen and oxygen atoms in total. The summed E-state index contributed by atoms with van der Waals surface area (Å²) in [4.78, 5) is 46.6. The summed E-state index contributed by atoms with van der Waals surface area (Å²) >= 11 is 1.25. The van der Waals surface area contributed by atoms with Crippen molar-refractivity contribution in [3.8, 4) is 11.5 Å². The van der Waals surface area contributed by atoms with Gasteiger partial charge in [-0.1, -0.05) is 47.7 Å². The Balaban J connectivity index is 1.49. The maximum Gasteiger partial charge on any atom is 0.338 e. The lowest BCUT2D eigenvalue weighted by Gasteiger charge is -2.26. The lowest BCUT2D eigenvalue weighted by atomic mass is 9.96. The highest BCUT2D eigenvalue weighted by atomic mass is 32.1. The zero-order chi connectivity index (χ0) is 30.5. The van der Waals surface area contributed by atoms with Crippen LogP contribution in [0.25, 0.3) is 6.08 Å². The van der Waals surface area contributed by atoms with Crippen molar-refractivity contribution in [2.24, 2.45) is 4.99 Å². The SMILES string of the molecule is CCOc1cc(C=c2sc3n(c2=O)C(c2ccccc2)C(C(=O)OC(C)C)=C(C)N=3)ccc1OCC(=O)N1CCOCC1. The normalized spacial score (nSPS) is 17.0. The molecule has 1 unspecified atom stereocenters. The van der Waals surface area contributed by atoms with Crippen molar-refractivity contribution in [3.05, 3.63) is 90.6 Å². The summed E-state index contributed by atoms with van der Waals surface area (Å²) in [6, 6.07) is 14.1. The number of ether oxygens (including phenoxy) is 4.